The smallest absolute Gasteiger partial charge is 0.139 e. The minimum absolute atomic E-state index is 0.253. The molecular formula is C14H24O2P+. The quantitative estimate of drug-likeness (QED) is 0.647. The number of rotatable bonds is 4. The minimum atomic E-state index is -1.56. The van der Waals surface area contributed by atoms with Crippen LogP contribution in [0.5, 0.6) is 0 Å². The Bertz CT molecular complexity index is 263. The Balaban J connectivity index is 1.69. The Morgan fingerprint density at radius 1 is 0.882 bits per heavy atom. The van der Waals surface area contributed by atoms with Crippen molar-refractivity contribution in [3.8, 4) is 0 Å². The van der Waals surface area contributed by atoms with Crippen LogP contribution in [0.25, 0.3) is 0 Å². The van der Waals surface area contributed by atoms with E-state index in [4.69, 9.17) is 4.52 Å². The fourth-order valence-electron chi connectivity index (χ4n) is 2.87. The van der Waals surface area contributed by atoms with Crippen molar-refractivity contribution >= 4 is 8.03 Å². The monoisotopic (exact) mass is 255 g/mol. The van der Waals surface area contributed by atoms with Gasteiger partial charge >= 0.3 is 8.03 Å². The molecule has 1 unspecified atom stereocenters. The fraction of sp³-hybridized carbons (Fsp3) is 0.857. The molecule has 1 atom stereocenters. The van der Waals surface area contributed by atoms with Crippen molar-refractivity contribution in [1.82, 2.24) is 0 Å². The summed E-state index contributed by atoms with van der Waals surface area (Å²) < 4.78 is 17.4. The van der Waals surface area contributed by atoms with Crippen LogP contribution in [0.2, 0.25) is 0 Å². The summed E-state index contributed by atoms with van der Waals surface area (Å²) in [7, 11) is -1.56. The van der Waals surface area contributed by atoms with Gasteiger partial charge in [0.2, 0.25) is 0 Å². The molecule has 2 nitrogen and oxygen atoms in total. The first-order chi connectivity index (χ1) is 8.34. The molecule has 0 aromatic heterocycles. The Labute approximate surface area is 106 Å². The Hall–Kier alpha value is -0.200. The van der Waals surface area contributed by atoms with E-state index in [-0.39, 0.29) is 6.10 Å². The molecule has 0 aromatic rings. The van der Waals surface area contributed by atoms with Gasteiger partial charge in [0.05, 0.1) is 0 Å². The highest BCUT2D eigenvalue weighted by Crippen LogP contribution is 2.34. The van der Waals surface area contributed by atoms with Crippen molar-refractivity contribution < 1.29 is 9.09 Å². The van der Waals surface area contributed by atoms with Gasteiger partial charge in [-0.1, -0.05) is 38.5 Å². The van der Waals surface area contributed by atoms with Crippen molar-refractivity contribution in [2.75, 3.05) is 0 Å². The Kier molecular flexibility index (Phi) is 5.67. The lowest BCUT2D eigenvalue weighted by atomic mass is 9.90. The lowest BCUT2D eigenvalue weighted by Gasteiger charge is -2.17. The van der Waals surface area contributed by atoms with Crippen LogP contribution in [-0.2, 0) is 9.09 Å². The van der Waals surface area contributed by atoms with E-state index in [9.17, 15) is 4.57 Å². The molecule has 0 radical (unpaired) electrons. The van der Waals surface area contributed by atoms with E-state index in [0.717, 1.165) is 12.8 Å². The first kappa shape index (κ1) is 13.2. The van der Waals surface area contributed by atoms with Crippen molar-refractivity contribution in [2.45, 2.75) is 70.3 Å². The SMILES string of the molecule is O=[P+](C=CC1CCCCC1)OC1CCCCC1. The summed E-state index contributed by atoms with van der Waals surface area (Å²) in [4.78, 5) is 0. The topological polar surface area (TPSA) is 26.3 Å². The zero-order chi connectivity index (χ0) is 11.9. The van der Waals surface area contributed by atoms with Crippen LogP contribution < -0.4 is 0 Å². The van der Waals surface area contributed by atoms with E-state index in [2.05, 4.69) is 6.08 Å². The number of hydrogen-bond donors (Lipinski definition) is 0. The predicted molar refractivity (Wildman–Crippen MR) is 71.3 cm³/mol. The molecule has 0 saturated heterocycles. The minimum Gasteiger partial charge on any atom is -0.139 e. The molecule has 0 aromatic carbocycles. The van der Waals surface area contributed by atoms with E-state index < -0.39 is 8.03 Å². The largest absolute Gasteiger partial charge is 0.540 e. The molecule has 2 fully saturated rings. The highest BCUT2D eigenvalue weighted by Gasteiger charge is 2.24. The Morgan fingerprint density at radius 2 is 1.47 bits per heavy atom. The second kappa shape index (κ2) is 7.28. The molecule has 17 heavy (non-hydrogen) atoms. The average Bonchev–Trinajstić information content (AvgIpc) is 2.39. The summed E-state index contributed by atoms with van der Waals surface area (Å²) in [5.74, 6) is 2.47. The third-order valence-electron chi connectivity index (χ3n) is 3.93. The lowest BCUT2D eigenvalue weighted by Crippen LogP contribution is -2.12. The van der Waals surface area contributed by atoms with Gasteiger partial charge in [-0.25, -0.2) is 0 Å². The van der Waals surface area contributed by atoms with Gasteiger partial charge in [-0.3, -0.25) is 0 Å². The van der Waals surface area contributed by atoms with Crippen LogP contribution in [0.3, 0.4) is 0 Å². The molecular weight excluding hydrogens is 231 g/mol. The second-order valence-corrected chi connectivity index (χ2v) is 6.47. The van der Waals surface area contributed by atoms with Gasteiger partial charge in [0.1, 0.15) is 6.10 Å². The molecule has 2 rings (SSSR count). The summed E-state index contributed by atoms with van der Waals surface area (Å²) >= 11 is 0. The van der Waals surface area contributed by atoms with Gasteiger partial charge < -0.3 is 0 Å². The summed E-state index contributed by atoms with van der Waals surface area (Å²) in [6, 6.07) is 0. The zero-order valence-corrected chi connectivity index (χ0v) is 11.5. The molecule has 2 aliphatic rings. The number of hydrogen-bond acceptors (Lipinski definition) is 2. The first-order valence-electron chi connectivity index (χ1n) is 7.16. The van der Waals surface area contributed by atoms with Crippen LogP contribution in [0.15, 0.2) is 11.9 Å². The highest BCUT2D eigenvalue weighted by molar-refractivity contribution is 7.42. The van der Waals surface area contributed by atoms with Crippen LogP contribution in [0.1, 0.15) is 64.2 Å². The fourth-order valence-corrected chi connectivity index (χ4v) is 3.83. The maximum Gasteiger partial charge on any atom is 0.540 e. The molecule has 0 amide bonds. The average molecular weight is 255 g/mol. The standard InChI is InChI=1S/C14H24O2P/c15-17(16-14-9-5-2-6-10-14)12-11-13-7-3-1-4-8-13/h11-14H,1-10H2/q+1. The first-order valence-corrected chi connectivity index (χ1v) is 8.41. The summed E-state index contributed by atoms with van der Waals surface area (Å²) in [5, 5.41) is 0. The van der Waals surface area contributed by atoms with Crippen LogP contribution in [0.4, 0.5) is 0 Å². The molecule has 0 N–H and O–H groups in total. The molecule has 0 bridgehead atoms. The molecule has 3 heteroatoms. The van der Waals surface area contributed by atoms with Crippen molar-refractivity contribution in [3.05, 3.63) is 11.9 Å². The van der Waals surface area contributed by atoms with E-state index in [1.54, 1.807) is 0 Å². The van der Waals surface area contributed by atoms with E-state index >= 15 is 0 Å². The second-order valence-electron chi connectivity index (χ2n) is 5.39. The van der Waals surface area contributed by atoms with Crippen molar-refractivity contribution in [2.24, 2.45) is 5.92 Å². The molecule has 0 spiro atoms. The third kappa shape index (κ3) is 4.89. The van der Waals surface area contributed by atoms with E-state index in [0.29, 0.717) is 5.92 Å². The summed E-state index contributed by atoms with van der Waals surface area (Å²) in [6.07, 6.45) is 14.9. The van der Waals surface area contributed by atoms with Crippen LogP contribution in [0, 0.1) is 5.92 Å². The molecule has 0 heterocycles. The van der Waals surface area contributed by atoms with Crippen LogP contribution >= 0.6 is 8.03 Å². The molecule has 96 valence electrons. The van der Waals surface area contributed by atoms with Gasteiger partial charge in [-0.2, -0.15) is 0 Å². The molecule has 2 aliphatic carbocycles. The third-order valence-corrected chi connectivity index (χ3v) is 4.86. The van der Waals surface area contributed by atoms with Gasteiger partial charge in [0.25, 0.3) is 0 Å². The van der Waals surface area contributed by atoms with E-state index in [1.165, 1.54) is 51.4 Å². The van der Waals surface area contributed by atoms with E-state index in [1.807, 2.05) is 5.82 Å². The lowest BCUT2D eigenvalue weighted by molar-refractivity contribution is 0.168. The molecule has 0 aliphatic heterocycles. The van der Waals surface area contributed by atoms with Crippen LogP contribution in [-0.4, -0.2) is 6.10 Å². The predicted octanol–water partition coefficient (Wildman–Crippen LogP) is 5.17. The normalized spacial score (nSPS) is 25.3. The van der Waals surface area contributed by atoms with Gasteiger partial charge in [0, 0.05) is 0 Å². The Morgan fingerprint density at radius 3 is 2.12 bits per heavy atom. The highest BCUT2D eigenvalue weighted by atomic mass is 31.1. The summed E-state index contributed by atoms with van der Waals surface area (Å²) in [5.41, 5.74) is 0. The maximum atomic E-state index is 11.8. The maximum absolute atomic E-state index is 11.8. The van der Waals surface area contributed by atoms with Crippen molar-refractivity contribution in [3.63, 3.8) is 0 Å². The molecule has 2 saturated carbocycles. The van der Waals surface area contributed by atoms with Gasteiger partial charge in [-0.05, 0) is 42.2 Å². The van der Waals surface area contributed by atoms with Gasteiger partial charge in [0.15, 0.2) is 5.82 Å². The van der Waals surface area contributed by atoms with Crippen molar-refractivity contribution in [1.29, 1.82) is 0 Å². The van der Waals surface area contributed by atoms with Gasteiger partial charge in [-0.15, -0.1) is 4.52 Å². The summed E-state index contributed by atoms with van der Waals surface area (Å²) in [6.45, 7) is 0. The zero-order valence-electron chi connectivity index (χ0n) is 10.6. The number of allylic oxidation sites excluding steroid dienone is 1.